The molecule has 1 amide bonds. The number of rotatable bonds is 6. The summed E-state index contributed by atoms with van der Waals surface area (Å²) in [4.78, 5) is 15.7. The lowest BCUT2D eigenvalue weighted by atomic mass is 10.2. The standard InChI is InChI=1S/C11H16BrN3OS/c1-2-17-5-3-4-14-11(16)9-6-8(12)7-15-10(9)13/h6-7H,2-5H2,1H3,(H2,13,15)(H,14,16). The number of nitrogens with one attached hydrogen (secondary N) is 1. The van der Waals surface area contributed by atoms with Crippen molar-refractivity contribution in [2.45, 2.75) is 13.3 Å². The van der Waals surface area contributed by atoms with E-state index in [1.54, 1.807) is 12.3 Å². The molecule has 6 heteroatoms. The van der Waals surface area contributed by atoms with Gasteiger partial charge in [-0.15, -0.1) is 0 Å². The van der Waals surface area contributed by atoms with Gasteiger partial charge in [-0.1, -0.05) is 6.92 Å². The Labute approximate surface area is 114 Å². The van der Waals surface area contributed by atoms with Crippen molar-refractivity contribution >= 4 is 39.4 Å². The predicted octanol–water partition coefficient (Wildman–Crippen LogP) is 2.30. The van der Waals surface area contributed by atoms with Crippen LogP contribution in [0.15, 0.2) is 16.7 Å². The van der Waals surface area contributed by atoms with Crippen molar-refractivity contribution in [2.75, 3.05) is 23.8 Å². The predicted molar refractivity (Wildman–Crippen MR) is 76.3 cm³/mol. The van der Waals surface area contributed by atoms with E-state index in [9.17, 15) is 4.79 Å². The molecular formula is C11H16BrN3OS. The van der Waals surface area contributed by atoms with Crippen LogP contribution in [0.4, 0.5) is 5.82 Å². The third kappa shape index (κ3) is 4.95. The molecule has 0 atom stereocenters. The normalized spacial score (nSPS) is 10.2. The second-order valence-corrected chi connectivity index (χ2v) is 5.70. The first-order valence-electron chi connectivity index (χ1n) is 5.42. The summed E-state index contributed by atoms with van der Waals surface area (Å²) in [6.07, 6.45) is 2.54. The third-order valence-electron chi connectivity index (χ3n) is 2.08. The number of carbonyl (C=O) groups excluding carboxylic acids is 1. The molecule has 0 spiro atoms. The maximum Gasteiger partial charge on any atom is 0.255 e. The van der Waals surface area contributed by atoms with Crippen molar-refractivity contribution in [3.05, 3.63) is 22.3 Å². The van der Waals surface area contributed by atoms with Crippen LogP contribution in [0.1, 0.15) is 23.7 Å². The van der Waals surface area contributed by atoms with Crippen molar-refractivity contribution in [1.29, 1.82) is 0 Å². The van der Waals surface area contributed by atoms with Gasteiger partial charge in [0.05, 0.1) is 5.56 Å². The Balaban J connectivity index is 2.44. The number of thioether (sulfide) groups is 1. The van der Waals surface area contributed by atoms with Crippen molar-refractivity contribution in [3.8, 4) is 0 Å². The van der Waals surface area contributed by atoms with E-state index >= 15 is 0 Å². The molecule has 1 heterocycles. The number of amides is 1. The van der Waals surface area contributed by atoms with Crippen LogP contribution in [-0.4, -0.2) is 28.9 Å². The highest BCUT2D eigenvalue weighted by atomic mass is 79.9. The fourth-order valence-electron chi connectivity index (χ4n) is 1.25. The third-order valence-corrected chi connectivity index (χ3v) is 3.50. The summed E-state index contributed by atoms with van der Waals surface area (Å²) in [5.74, 6) is 2.26. The lowest BCUT2D eigenvalue weighted by Crippen LogP contribution is -2.26. The van der Waals surface area contributed by atoms with E-state index < -0.39 is 0 Å². The zero-order valence-corrected chi connectivity index (χ0v) is 12.1. The van der Waals surface area contributed by atoms with Gasteiger partial charge in [0.25, 0.3) is 5.91 Å². The molecule has 0 aliphatic heterocycles. The van der Waals surface area contributed by atoms with Crippen molar-refractivity contribution in [1.82, 2.24) is 10.3 Å². The van der Waals surface area contributed by atoms with Crippen molar-refractivity contribution < 1.29 is 4.79 Å². The van der Waals surface area contributed by atoms with Crippen LogP contribution < -0.4 is 11.1 Å². The lowest BCUT2D eigenvalue weighted by molar-refractivity contribution is 0.0954. The molecule has 94 valence electrons. The second kappa shape index (κ2) is 7.55. The largest absolute Gasteiger partial charge is 0.383 e. The molecule has 0 aliphatic rings. The summed E-state index contributed by atoms with van der Waals surface area (Å²) in [7, 11) is 0. The summed E-state index contributed by atoms with van der Waals surface area (Å²) >= 11 is 5.13. The highest BCUT2D eigenvalue weighted by Gasteiger charge is 2.10. The molecule has 17 heavy (non-hydrogen) atoms. The monoisotopic (exact) mass is 317 g/mol. The Bertz CT molecular complexity index is 387. The van der Waals surface area contributed by atoms with Crippen LogP contribution in [0.5, 0.6) is 0 Å². The molecule has 0 aliphatic carbocycles. The highest BCUT2D eigenvalue weighted by molar-refractivity contribution is 9.10. The Kier molecular flexibility index (Phi) is 6.36. The van der Waals surface area contributed by atoms with Crippen LogP contribution in [0.25, 0.3) is 0 Å². The number of nitrogens with two attached hydrogens (primary N) is 1. The molecule has 4 nitrogen and oxygen atoms in total. The number of halogens is 1. The van der Waals surface area contributed by atoms with Gasteiger partial charge in [-0.05, 0) is 39.9 Å². The number of hydrogen-bond acceptors (Lipinski definition) is 4. The molecule has 1 rings (SSSR count). The number of nitrogens with zero attached hydrogens (tertiary/aromatic N) is 1. The number of carbonyl (C=O) groups is 1. The van der Waals surface area contributed by atoms with Crippen molar-refractivity contribution in [3.63, 3.8) is 0 Å². The number of anilines is 1. The van der Waals surface area contributed by atoms with Crippen LogP contribution in [0, 0.1) is 0 Å². The smallest absolute Gasteiger partial charge is 0.255 e. The van der Waals surface area contributed by atoms with Gasteiger partial charge in [0.1, 0.15) is 5.82 Å². The number of nitrogen functional groups attached to an aromatic ring is 1. The fourth-order valence-corrected chi connectivity index (χ4v) is 2.22. The fraction of sp³-hybridized carbons (Fsp3) is 0.455. The first-order chi connectivity index (χ1) is 8.15. The van der Waals surface area contributed by atoms with E-state index in [2.05, 4.69) is 33.2 Å². The Hall–Kier alpha value is -0.750. The molecule has 0 aromatic carbocycles. The second-order valence-electron chi connectivity index (χ2n) is 3.39. The van der Waals surface area contributed by atoms with Gasteiger partial charge in [-0.2, -0.15) is 11.8 Å². The molecule has 1 aromatic heterocycles. The van der Waals surface area contributed by atoms with Gasteiger partial charge in [-0.3, -0.25) is 4.79 Å². The van der Waals surface area contributed by atoms with E-state index in [0.717, 1.165) is 22.4 Å². The minimum Gasteiger partial charge on any atom is -0.383 e. The summed E-state index contributed by atoms with van der Waals surface area (Å²) in [5, 5.41) is 2.83. The van der Waals surface area contributed by atoms with Gasteiger partial charge in [0, 0.05) is 17.2 Å². The van der Waals surface area contributed by atoms with E-state index in [4.69, 9.17) is 5.73 Å². The molecule has 0 radical (unpaired) electrons. The molecule has 3 N–H and O–H groups in total. The van der Waals surface area contributed by atoms with E-state index in [-0.39, 0.29) is 11.7 Å². The topological polar surface area (TPSA) is 68.0 Å². The molecule has 0 saturated carbocycles. The lowest BCUT2D eigenvalue weighted by Gasteiger charge is -2.07. The van der Waals surface area contributed by atoms with Gasteiger partial charge < -0.3 is 11.1 Å². The van der Waals surface area contributed by atoms with Gasteiger partial charge >= 0.3 is 0 Å². The van der Waals surface area contributed by atoms with Crippen LogP contribution in [-0.2, 0) is 0 Å². The van der Waals surface area contributed by atoms with Gasteiger partial charge in [-0.25, -0.2) is 4.98 Å². The Morgan fingerprint density at radius 1 is 1.65 bits per heavy atom. The molecule has 0 saturated heterocycles. The minimum atomic E-state index is -0.169. The van der Waals surface area contributed by atoms with Gasteiger partial charge in [0.15, 0.2) is 0 Å². The summed E-state index contributed by atoms with van der Waals surface area (Å²) in [5.41, 5.74) is 6.06. The van der Waals surface area contributed by atoms with E-state index in [1.807, 2.05) is 11.8 Å². The first kappa shape index (κ1) is 14.3. The molecule has 1 aromatic rings. The minimum absolute atomic E-state index is 0.169. The maximum atomic E-state index is 11.8. The quantitative estimate of drug-likeness (QED) is 0.790. The van der Waals surface area contributed by atoms with E-state index in [0.29, 0.717) is 12.1 Å². The summed E-state index contributed by atoms with van der Waals surface area (Å²) in [6, 6.07) is 1.68. The molecular weight excluding hydrogens is 302 g/mol. The van der Waals surface area contributed by atoms with Crippen LogP contribution in [0.3, 0.4) is 0 Å². The first-order valence-corrected chi connectivity index (χ1v) is 7.37. The molecule has 0 fully saturated rings. The van der Waals surface area contributed by atoms with Crippen LogP contribution in [0.2, 0.25) is 0 Å². The maximum absolute atomic E-state index is 11.8. The average Bonchev–Trinajstić information content (AvgIpc) is 2.32. The summed E-state index contributed by atoms with van der Waals surface area (Å²) in [6.45, 7) is 2.79. The van der Waals surface area contributed by atoms with E-state index in [1.165, 1.54) is 0 Å². The molecule has 0 bridgehead atoms. The highest BCUT2D eigenvalue weighted by Crippen LogP contribution is 2.15. The van der Waals surface area contributed by atoms with Crippen LogP contribution >= 0.6 is 27.7 Å². The number of hydrogen-bond donors (Lipinski definition) is 2. The summed E-state index contributed by atoms with van der Waals surface area (Å²) < 4.78 is 0.749. The van der Waals surface area contributed by atoms with Crippen molar-refractivity contribution in [2.24, 2.45) is 0 Å². The zero-order valence-electron chi connectivity index (χ0n) is 9.70. The zero-order chi connectivity index (χ0) is 12.7. The average molecular weight is 318 g/mol. The Morgan fingerprint density at radius 3 is 3.12 bits per heavy atom. The SMILES string of the molecule is CCSCCCNC(=O)c1cc(Br)cnc1N. The number of pyridine rings is 1. The Morgan fingerprint density at radius 2 is 2.41 bits per heavy atom. The number of aromatic nitrogens is 1. The molecule has 0 unspecified atom stereocenters. The van der Waals surface area contributed by atoms with Gasteiger partial charge in [0.2, 0.25) is 0 Å².